The van der Waals surface area contributed by atoms with E-state index in [-0.39, 0.29) is 11.4 Å². The maximum atomic E-state index is 12.1. The average Bonchev–Trinajstić information content (AvgIpc) is 2.29. The van der Waals surface area contributed by atoms with Crippen LogP contribution in [0.1, 0.15) is 42.7 Å². The van der Waals surface area contributed by atoms with Gasteiger partial charge in [-0.1, -0.05) is 13.0 Å². The van der Waals surface area contributed by atoms with Crippen LogP contribution in [0.5, 0.6) is 0 Å². The van der Waals surface area contributed by atoms with Gasteiger partial charge in [-0.05, 0) is 38.3 Å². The van der Waals surface area contributed by atoms with Crippen LogP contribution in [0.15, 0.2) is 18.3 Å². The molecule has 17 heavy (non-hydrogen) atoms. The first-order chi connectivity index (χ1) is 8.02. The summed E-state index contributed by atoms with van der Waals surface area (Å²) in [7, 11) is 0. The SMILES string of the molecule is CCC(C)(CCCl)NC(=O)c1ncccc1C. The van der Waals surface area contributed by atoms with Gasteiger partial charge in [0.05, 0.1) is 0 Å². The summed E-state index contributed by atoms with van der Waals surface area (Å²) in [5.74, 6) is 0.406. The van der Waals surface area contributed by atoms with Gasteiger partial charge in [-0.15, -0.1) is 11.6 Å². The van der Waals surface area contributed by atoms with Crippen LogP contribution >= 0.6 is 11.6 Å². The number of hydrogen-bond acceptors (Lipinski definition) is 2. The van der Waals surface area contributed by atoms with Crippen molar-refractivity contribution in [2.45, 2.75) is 39.2 Å². The molecular formula is C13H19ClN2O. The fourth-order valence-electron chi connectivity index (χ4n) is 1.59. The largest absolute Gasteiger partial charge is 0.346 e. The van der Waals surface area contributed by atoms with Gasteiger partial charge in [-0.25, -0.2) is 0 Å². The Morgan fingerprint density at radius 3 is 2.82 bits per heavy atom. The van der Waals surface area contributed by atoms with Gasteiger partial charge in [0.2, 0.25) is 0 Å². The number of nitrogens with one attached hydrogen (secondary N) is 1. The van der Waals surface area contributed by atoms with Crippen molar-refractivity contribution in [3.05, 3.63) is 29.6 Å². The molecule has 0 aliphatic heterocycles. The normalized spacial score (nSPS) is 14.1. The minimum Gasteiger partial charge on any atom is -0.346 e. The van der Waals surface area contributed by atoms with E-state index in [1.54, 1.807) is 6.20 Å². The van der Waals surface area contributed by atoms with Gasteiger partial charge in [0, 0.05) is 17.6 Å². The van der Waals surface area contributed by atoms with E-state index in [4.69, 9.17) is 11.6 Å². The molecule has 0 spiro atoms. The van der Waals surface area contributed by atoms with E-state index in [0.717, 1.165) is 18.4 Å². The Bertz CT molecular complexity index is 395. The van der Waals surface area contributed by atoms with Crippen molar-refractivity contribution in [3.63, 3.8) is 0 Å². The standard InChI is InChI=1S/C13H19ClN2O/c1-4-13(3,7-8-14)16-12(17)11-10(2)6-5-9-15-11/h5-6,9H,4,7-8H2,1-3H3,(H,16,17). The Morgan fingerprint density at radius 2 is 2.29 bits per heavy atom. The van der Waals surface area contributed by atoms with Crippen LogP contribution in [0.2, 0.25) is 0 Å². The second-order valence-electron chi connectivity index (χ2n) is 4.48. The highest BCUT2D eigenvalue weighted by Crippen LogP contribution is 2.16. The highest BCUT2D eigenvalue weighted by atomic mass is 35.5. The number of aryl methyl sites for hydroxylation is 1. The second kappa shape index (κ2) is 6.01. The monoisotopic (exact) mass is 254 g/mol. The minimum absolute atomic E-state index is 0.127. The molecular weight excluding hydrogens is 236 g/mol. The Kier molecular flexibility index (Phi) is 4.94. The van der Waals surface area contributed by atoms with Gasteiger partial charge in [0.15, 0.2) is 0 Å². The van der Waals surface area contributed by atoms with Gasteiger partial charge in [0.25, 0.3) is 5.91 Å². The van der Waals surface area contributed by atoms with E-state index in [0.29, 0.717) is 11.6 Å². The van der Waals surface area contributed by atoms with E-state index in [1.807, 2.05) is 32.9 Å². The smallest absolute Gasteiger partial charge is 0.270 e. The number of alkyl halides is 1. The van der Waals surface area contributed by atoms with Gasteiger partial charge in [-0.3, -0.25) is 9.78 Å². The van der Waals surface area contributed by atoms with Crippen molar-refractivity contribution in [2.24, 2.45) is 0 Å². The van der Waals surface area contributed by atoms with Gasteiger partial charge >= 0.3 is 0 Å². The number of carbonyl (C=O) groups excluding carboxylic acids is 1. The van der Waals surface area contributed by atoms with Crippen LogP contribution in [0.3, 0.4) is 0 Å². The lowest BCUT2D eigenvalue weighted by atomic mass is 9.95. The Hall–Kier alpha value is -1.09. The van der Waals surface area contributed by atoms with Crippen LogP contribution in [0.25, 0.3) is 0 Å². The van der Waals surface area contributed by atoms with Gasteiger partial charge in [-0.2, -0.15) is 0 Å². The minimum atomic E-state index is -0.261. The van der Waals surface area contributed by atoms with E-state index in [1.165, 1.54) is 0 Å². The molecule has 1 heterocycles. The molecule has 1 amide bonds. The summed E-state index contributed by atoms with van der Waals surface area (Å²) in [5.41, 5.74) is 1.11. The molecule has 0 saturated carbocycles. The molecule has 1 aromatic rings. The lowest BCUT2D eigenvalue weighted by Gasteiger charge is -2.29. The third-order valence-corrected chi connectivity index (χ3v) is 3.26. The first kappa shape index (κ1) is 14.0. The zero-order valence-corrected chi connectivity index (χ0v) is 11.3. The molecule has 1 rings (SSSR count). The summed E-state index contributed by atoms with van der Waals surface area (Å²) in [4.78, 5) is 16.2. The first-order valence-corrected chi connectivity index (χ1v) is 6.36. The molecule has 1 aromatic heterocycles. The third kappa shape index (κ3) is 3.70. The Labute approximate surface area is 108 Å². The van der Waals surface area contributed by atoms with Crippen molar-refractivity contribution in [3.8, 4) is 0 Å². The van der Waals surface area contributed by atoms with Gasteiger partial charge in [0.1, 0.15) is 5.69 Å². The number of amides is 1. The highest BCUT2D eigenvalue weighted by molar-refractivity contribution is 6.17. The summed E-state index contributed by atoms with van der Waals surface area (Å²) < 4.78 is 0. The molecule has 0 bridgehead atoms. The highest BCUT2D eigenvalue weighted by Gasteiger charge is 2.25. The van der Waals surface area contributed by atoms with Crippen molar-refractivity contribution in [1.82, 2.24) is 10.3 Å². The molecule has 0 fully saturated rings. The van der Waals surface area contributed by atoms with E-state index in [2.05, 4.69) is 10.3 Å². The van der Waals surface area contributed by atoms with E-state index in [9.17, 15) is 4.79 Å². The summed E-state index contributed by atoms with van der Waals surface area (Å²) in [6.45, 7) is 5.93. The molecule has 0 aromatic carbocycles. The molecule has 0 radical (unpaired) electrons. The quantitative estimate of drug-likeness (QED) is 0.821. The molecule has 0 aliphatic carbocycles. The maximum absolute atomic E-state index is 12.1. The number of halogens is 1. The van der Waals surface area contributed by atoms with Crippen LogP contribution in [-0.2, 0) is 0 Å². The zero-order chi connectivity index (χ0) is 12.9. The fraction of sp³-hybridized carbons (Fsp3) is 0.538. The Morgan fingerprint density at radius 1 is 1.59 bits per heavy atom. The Balaban J connectivity index is 2.82. The zero-order valence-electron chi connectivity index (χ0n) is 10.6. The number of aromatic nitrogens is 1. The number of nitrogens with zero attached hydrogens (tertiary/aromatic N) is 1. The summed E-state index contributed by atoms with van der Waals surface area (Å²) in [6, 6.07) is 3.71. The molecule has 0 saturated heterocycles. The lowest BCUT2D eigenvalue weighted by Crippen LogP contribution is -2.46. The average molecular weight is 255 g/mol. The second-order valence-corrected chi connectivity index (χ2v) is 4.85. The van der Waals surface area contributed by atoms with Crippen molar-refractivity contribution < 1.29 is 4.79 Å². The van der Waals surface area contributed by atoms with Crippen molar-refractivity contribution >= 4 is 17.5 Å². The lowest BCUT2D eigenvalue weighted by molar-refractivity contribution is 0.0895. The molecule has 1 unspecified atom stereocenters. The molecule has 1 N–H and O–H groups in total. The number of rotatable bonds is 5. The fourth-order valence-corrected chi connectivity index (χ4v) is 2.01. The molecule has 94 valence electrons. The summed E-state index contributed by atoms with van der Waals surface area (Å²) in [6.07, 6.45) is 3.23. The third-order valence-electron chi connectivity index (χ3n) is 3.07. The maximum Gasteiger partial charge on any atom is 0.270 e. The van der Waals surface area contributed by atoms with E-state index < -0.39 is 0 Å². The van der Waals surface area contributed by atoms with Crippen LogP contribution < -0.4 is 5.32 Å². The molecule has 0 aliphatic rings. The first-order valence-electron chi connectivity index (χ1n) is 5.82. The predicted molar refractivity (Wildman–Crippen MR) is 70.5 cm³/mol. The van der Waals surface area contributed by atoms with Crippen LogP contribution in [-0.4, -0.2) is 22.3 Å². The van der Waals surface area contributed by atoms with E-state index >= 15 is 0 Å². The molecule has 3 nitrogen and oxygen atoms in total. The number of pyridine rings is 1. The van der Waals surface area contributed by atoms with Crippen molar-refractivity contribution in [1.29, 1.82) is 0 Å². The van der Waals surface area contributed by atoms with Crippen molar-refractivity contribution in [2.75, 3.05) is 5.88 Å². The summed E-state index contributed by atoms with van der Waals surface area (Å²) >= 11 is 5.76. The summed E-state index contributed by atoms with van der Waals surface area (Å²) in [5, 5.41) is 3.02. The molecule has 1 atom stereocenters. The van der Waals surface area contributed by atoms with Gasteiger partial charge < -0.3 is 5.32 Å². The number of hydrogen-bond donors (Lipinski definition) is 1. The molecule has 4 heteroatoms. The predicted octanol–water partition coefficient (Wildman–Crippen LogP) is 2.92. The number of carbonyl (C=O) groups is 1. The topological polar surface area (TPSA) is 42.0 Å². The van der Waals surface area contributed by atoms with Crippen LogP contribution in [0, 0.1) is 6.92 Å². The van der Waals surface area contributed by atoms with Crippen LogP contribution in [0.4, 0.5) is 0 Å².